The molecule has 2 amide bonds. The second-order valence-corrected chi connectivity index (χ2v) is 8.15. The first-order chi connectivity index (χ1) is 12.4. The standard InChI is InChI=1S/C19H18N2O4S/c1-19(2)10-21(9-12-8-15(17(22)20-24)26-16(12)19)18(23)14-7-11-5-3-4-6-13(11)25-14/h3-8,24H,9-10H2,1-2H3,(H,20,22). The molecule has 3 aromatic rings. The molecular formula is C19H18N2O4S. The van der Waals surface area contributed by atoms with Crippen molar-refractivity contribution >= 4 is 34.1 Å². The summed E-state index contributed by atoms with van der Waals surface area (Å²) in [6.07, 6.45) is 0. The van der Waals surface area contributed by atoms with Crippen LogP contribution in [0.25, 0.3) is 11.0 Å². The van der Waals surface area contributed by atoms with E-state index in [-0.39, 0.29) is 11.3 Å². The van der Waals surface area contributed by atoms with E-state index in [2.05, 4.69) is 0 Å². The second-order valence-electron chi connectivity index (χ2n) is 7.10. The number of hydrogen-bond acceptors (Lipinski definition) is 5. The van der Waals surface area contributed by atoms with Crippen LogP contribution in [0.2, 0.25) is 0 Å². The molecule has 1 aliphatic rings. The molecule has 7 heteroatoms. The fraction of sp³-hybridized carbons (Fsp3) is 0.263. The summed E-state index contributed by atoms with van der Waals surface area (Å²) in [5, 5.41) is 9.76. The van der Waals surface area contributed by atoms with Crippen LogP contribution in [0.3, 0.4) is 0 Å². The Morgan fingerprint density at radius 1 is 1.27 bits per heavy atom. The smallest absolute Gasteiger partial charge is 0.289 e. The monoisotopic (exact) mass is 370 g/mol. The molecule has 0 saturated heterocycles. The predicted octanol–water partition coefficient (Wildman–Crippen LogP) is 3.55. The van der Waals surface area contributed by atoms with E-state index in [1.807, 2.05) is 38.1 Å². The molecule has 0 radical (unpaired) electrons. The van der Waals surface area contributed by atoms with Crippen LogP contribution in [-0.4, -0.2) is 28.5 Å². The number of hydrogen-bond donors (Lipinski definition) is 2. The van der Waals surface area contributed by atoms with Crippen LogP contribution in [-0.2, 0) is 12.0 Å². The molecular weight excluding hydrogens is 352 g/mol. The maximum atomic E-state index is 13.0. The molecule has 3 heterocycles. The lowest BCUT2D eigenvalue weighted by Crippen LogP contribution is -2.44. The third-order valence-electron chi connectivity index (χ3n) is 4.62. The van der Waals surface area contributed by atoms with Gasteiger partial charge >= 0.3 is 0 Å². The minimum atomic E-state index is -0.532. The van der Waals surface area contributed by atoms with Gasteiger partial charge in [0.1, 0.15) is 5.58 Å². The van der Waals surface area contributed by atoms with Gasteiger partial charge in [-0.15, -0.1) is 11.3 Å². The van der Waals surface area contributed by atoms with Gasteiger partial charge in [0.2, 0.25) is 0 Å². The highest BCUT2D eigenvalue weighted by molar-refractivity contribution is 7.14. The molecule has 0 atom stereocenters. The fourth-order valence-corrected chi connectivity index (χ4v) is 4.64. The van der Waals surface area contributed by atoms with Gasteiger partial charge in [-0.05, 0) is 23.8 Å². The highest BCUT2D eigenvalue weighted by atomic mass is 32.1. The normalized spacial score (nSPS) is 15.7. The topological polar surface area (TPSA) is 82.8 Å². The molecule has 0 aliphatic carbocycles. The summed E-state index contributed by atoms with van der Waals surface area (Å²) in [5.41, 5.74) is 2.98. The van der Waals surface area contributed by atoms with E-state index in [0.717, 1.165) is 15.8 Å². The van der Waals surface area contributed by atoms with Gasteiger partial charge < -0.3 is 9.32 Å². The molecule has 134 valence electrons. The lowest BCUT2D eigenvalue weighted by atomic mass is 9.85. The van der Waals surface area contributed by atoms with E-state index in [9.17, 15) is 9.59 Å². The first-order valence-electron chi connectivity index (χ1n) is 8.24. The third kappa shape index (κ3) is 2.69. The van der Waals surface area contributed by atoms with Crippen molar-refractivity contribution in [3.8, 4) is 0 Å². The lowest BCUT2D eigenvalue weighted by molar-refractivity contribution is 0.0659. The summed E-state index contributed by atoms with van der Waals surface area (Å²) in [6, 6.07) is 11.0. The van der Waals surface area contributed by atoms with Gasteiger partial charge in [-0.25, -0.2) is 5.48 Å². The summed E-state index contributed by atoms with van der Waals surface area (Å²) in [6.45, 7) is 5.02. The molecule has 0 bridgehead atoms. The highest BCUT2D eigenvalue weighted by Gasteiger charge is 2.37. The van der Waals surface area contributed by atoms with E-state index in [0.29, 0.717) is 29.3 Å². The van der Waals surface area contributed by atoms with Crippen molar-refractivity contribution in [1.29, 1.82) is 0 Å². The Bertz CT molecular complexity index is 985. The van der Waals surface area contributed by atoms with E-state index >= 15 is 0 Å². The summed E-state index contributed by atoms with van der Waals surface area (Å²) in [4.78, 5) is 27.9. The van der Waals surface area contributed by atoms with Gasteiger partial charge in [-0.2, -0.15) is 0 Å². The Morgan fingerprint density at radius 3 is 2.77 bits per heavy atom. The fourth-order valence-electron chi connectivity index (χ4n) is 3.48. The quantitative estimate of drug-likeness (QED) is 0.534. The van der Waals surface area contributed by atoms with Crippen molar-refractivity contribution in [2.45, 2.75) is 25.8 Å². The van der Waals surface area contributed by atoms with Crippen molar-refractivity contribution in [2.24, 2.45) is 0 Å². The molecule has 6 nitrogen and oxygen atoms in total. The number of hydroxylamine groups is 1. The maximum absolute atomic E-state index is 13.0. The Hall–Kier alpha value is -2.64. The van der Waals surface area contributed by atoms with Crippen LogP contribution in [0.4, 0.5) is 0 Å². The number of benzene rings is 1. The summed E-state index contributed by atoms with van der Waals surface area (Å²) in [5.74, 6) is -0.386. The maximum Gasteiger partial charge on any atom is 0.289 e. The Labute approximate surface area is 154 Å². The molecule has 0 saturated carbocycles. The zero-order valence-electron chi connectivity index (χ0n) is 14.4. The highest BCUT2D eigenvalue weighted by Crippen LogP contribution is 2.39. The van der Waals surface area contributed by atoms with Gasteiger partial charge in [0.05, 0.1) is 4.88 Å². The van der Waals surface area contributed by atoms with Crippen molar-refractivity contribution in [2.75, 3.05) is 6.54 Å². The minimum absolute atomic E-state index is 0.167. The number of para-hydroxylation sites is 1. The summed E-state index contributed by atoms with van der Waals surface area (Å²) in [7, 11) is 0. The number of carbonyl (C=O) groups is 2. The molecule has 26 heavy (non-hydrogen) atoms. The molecule has 2 aromatic heterocycles. The van der Waals surface area contributed by atoms with E-state index in [1.165, 1.54) is 11.3 Å². The molecule has 1 aromatic carbocycles. The molecule has 1 aliphatic heterocycles. The summed E-state index contributed by atoms with van der Waals surface area (Å²) >= 11 is 1.35. The van der Waals surface area contributed by atoms with Crippen molar-refractivity contribution in [3.05, 3.63) is 57.5 Å². The summed E-state index contributed by atoms with van der Waals surface area (Å²) < 4.78 is 5.71. The van der Waals surface area contributed by atoms with Gasteiger partial charge in [0, 0.05) is 28.8 Å². The van der Waals surface area contributed by atoms with Gasteiger partial charge in [0.25, 0.3) is 11.8 Å². The number of carbonyl (C=O) groups excluding carboxylic acids is 2. The van der Waals surface area contributed by atoms with Gasteiger partial charge in [-0.3, -0.25) is 14.8 Å². The minimum Gasteiger partial charge on any atom is -0.451 e. The van der Waals surface area contributed by atoms with Crippen molar-refractivity contribution < 1.29 is 19.2 Å². The average molecular weight is 370 g/mol. The van der Waals surface area contributed by atoms with Crippen molar-refractivity contribution in [1.82, 2.24) is 10.4 Å². The zero-order valence-corrected chi connectivity index (χ0v) is 15.2. The lowest BCUT2D eigenvalue weighted by Gasteiger charge is -2.37. The first kappa shape index (κ1) is 16.8. The van der Waals surface area contributed by atoms with Crippen LogP contribution < -0.4 is 5.48 Å². The van der Waals surface area contributed by atoms with Crippen LogP contribution >= 0.6 is 11.3 Å². The van der Waals surface area contributed by atoms with Crippen molar-refractivity contribution in [3.63, 3.8) is 0 Å². The van der Waals surface area contributed by atoms with Gasteiger partial charge in [-0.1, -0.05) is 32.0 Å². The molecule has 4 rings (SSSR count). The Kier molecular flexibility index (Phi) is 3.86. The van der Waals surface area contributed by atoms with Crippen LogP contribution in [0.5, 0.6) is 0 Å². The SMILES string of the molecule is CC1(C)CN(C(=O)c2cc3ccccc3o2)Cc2cc(C(=O)NO)sc21. The molecule has 0 fully saturated rings. The molecule has 0 spiro atoms. The zero-order chi connectivity index (χ0) is 18.5. The molecule has 0 unspecified atom stereocenters. The Balaban J connectivity index is 1.67. The number of amides is 2. The number of nitrogens with zero attached hydrogens (tertiary/aromatic N) is 1. The molecule has 2 N–H and O–H groups in total. The average Bonchev–Trinajstić information content (AvgIpc) is 3.24. The number of fused-ring (bicyclic) bond motifs is 2. The van der Waals surface area contributed by atoms with E-state index in [4.69, 9.17) is 9.62 Å². The van der Waals surface area contributed by atoms with E-state index in [1.54, 1.807) is 22.5 Å². The van der Waals surface area contributed by atoms with Crippen LogP contribution in [0.15, 0.2) is 40.8 Å². The number of rotatable bonds is 2. The largest absolute Gasteiger partial charge is 0.451 e. The Morgan fingerprint density at radius 2 is 2.04 bits per heavy atom. The number of thiophene rings is 1. The van der Waals surface area contributed by atoms with Crippen LogP contribution in [0.1, 0.15) is 44.5 Å². The first-order valence-corrected chi connectivity index (χ1v) is 9.06. The second kappa shape index (κ2) is 5.96. The van der Waals surface area contributed by atoms with E-state index < -0.39 is 5.91 Å². The van der Waals surface area contributed by atoms with Crippen LogP contribution in [0, 0.1) is 0 Å². The third-order valence-corrected chi connectivity index (χ3v) is 6.16. The predicted molar refractivity (Wildman–Crippen MR) is 97.6 cm³/mol. The number of furan rings is 1. The van der Waals surface area contributed by atoms with Gasteiger partial charge in [0.15, 0.2) is 5.76 Å². The number of nitrogens with one attached hydrogen (secondary N) is 1.